The molecule has 3 nitrogen and oxygen atoms in total. The predicted octanol–water partition coefficient (Wildman–Crippen LogP) is 12.3. The van der Waals surface area contributed by atoms with E-state index in [1.54, 1.807) is 0 Å². The molecule has 1 aliphatic rings. The first-order chi connectivity index (χ1) is 25.0. The first-order valence-electron chi connectivity index (χ1n) is 17.5. The summed E-state index contributed by atoms with van der Waals surface area (Å²) in [5, 5.41) is 6.93. The minimum Gasteiger partial charge on any atom is -0.208 e. The summed E-state index contributed by atoms with van der Waals surface area (Å²) >= 11 is 0. The molecule has 0 saturated heterocycles. The van der Waals surface area contributed by atoms with Gasteiger partial charge in [0.25, 0.3) is 0 Å². The number of aromatic nitrogens is 3. The van der Waals surface area contributed by atoms with Crippen LogP contribution in [0.3, 0.4) is 0 Å². The van der Waals surface area contributed by atoms with E-state index in [2.05, 4.69) is 178 Å². The Morgan fingerprint density at radius 1 is 0.333 bits per heavy atom. The monoisotopic (exact) mass is 651 g/mol. The first kappa shape index (κ1) is 29.5. The topological polar surface area (TPSA) is 38.7 Å². The van der Waals surface area contributed by atoms with Crippen molar-refractivity contribution in [1.82, 2.24) is 15.0 Å². The first-order valence-corrected chi connectivity index (χ1v) is 17.5. The molecule has 8 aromatic carbocycles. The molecule has 3 heteroatoms. The molecule has 0 spiro atoms. The Labute approximate surface area is 297 Å². The molecule has 10 rings (SSSR count). The Bertz CT molecular complexity index is 2750. The fourth-order valence-corrected chi connectivity index (χ4v) is 7.96. The summed E-state index contributed by atoms with van der Waals surface area (Å²) in [4.78, 5) is 15.5. The number of benzene rings is 8. The summed E-state index contributed by atoms with van der Waals surface area (Å²) in [5.41, 5.74) is 10.6. The van der Waals surface area contributed by atoms with E-state index in [1.807, 2.05) is 0 Å². The van der Waals surface area contributed by atoms with Crippen LogP contribution in [0.2, 0.25) is 0 Å². The van der Waals surface area contributed by atoms with Crippen molar-refractivity contribution in [1.29, 1.82) is 0 Å². The van der Waals surface area contributed by atoms with E-state index in [0.29, 0.717) is 17.5 Å². The standard InChI is InChI=1S/C48H33N3/c1-48(2)43-17-8-7-15-39(43)42-29-36(24-25-44(42)48)35-21-20-32-14-9-16-40(41(32)28-35)47-50-45(37-22-18-30-10-3-5-12-33(30)26-37)49-46(51-47)38-23-19-31-11-4-6-13-34(31)27-38/h3-29H,1-2H3. The van der Waals surface area contributed by atoms with Gasteiger partial charge < -0.3 is 0 Å². The van der Waals surface area contributed by atoms with Gasteiger partial charge in [0.05, 0.1) is 0 Å². The smallest absolute Gasteiger partial charge is 0.164 e. The molecule has 0 radical (unpaired) electrons. The third kappa shape index (κ3) is 4.85. The van der Waals surface area contributed by atoms with Gasteiger partial charge >= 0.3 is 0 Å². The zero-order valence-electron chi connectivity index (χ0n) is 28.4. The number of hydrogen-bond donors (Lipinski definition) is 0. The molecule has 1 heterocycles. The normalized spacial score (nSPS) is 13.1. The molecule has 240 valence electrons. The SMILES string of the molecule is CC1(C)c2ccccc2-c2cc(-c3ccc4cccc(-c5nc(-c6ccc7ccccc7c6)nc(-c6ccc7ccccc7c6)n5)c4c3)ccc21. The summed E-state index contributed by atoms with van der Waals surface area (Å²) in [6, 6.07) is 58.6. The Kier molecular flexibility index (Phi) is 6.53. The molecule has 51 heavy (non-hydrogen) atoms. The zero-order chi connectivity index (χ0) is 34.1. The molecule has 0 unspecified atom stereocenters. The van der Waals surface area contributed by atoms with Crippen LogP contribution in [0.1, 0.15) is 25.0 Å². The molecule has 1 aliphatic carbocycles. The average Bonchev–Trinajstić information content (AvgIpc) is 3.42. The van der Waals surface area contributed by atoms with Gasteiger partial charge in [-0.2, -0.15) is 0 Å². The highest BCUT2D eigenvalue weighted by Gasteiger charge is 2.35. The Hall–Kier alpha value is -6.45. The molecule has 0 bridgehead atoms. The number of rotatable bonds is 4. The Morgan fingerprint density at radius 2 is 0.824 bits per heavy atom. The lowest BCUT2D eigenvalue weighted by molar-refractivity contribution is 0.660. The van der Waals surface area contributed by atoms with E-state index >= 15 is 0 Å². The van der Waals surface area contributed by atoms with Gasteiger partial charge in [0.1, 0.15) is 0 Å². The highest BCUT2D eigenvalue weighted by molar-refractivity contribution is 5.99. The summed E-state index contributed by atoms with van der Waals surface area (Å²) in [5.74, 6) is 1.97. The van der Waals surface area contributed by atoms with Crippen LogP contribution < -0.4 is 0 Å². The predicted molar refractivity (Wildman–Crippen MR) is 212 cm³/mol. The zero-order valence-corrected chi connectivity index (χ0v) is 28.4. The van der Waals surface area contributed by atoms with Crippen molar-refractivity contribution in [2.24, 2.45) is 0 Å². The van der Waals surface area contributed by atoms with Crippen LogP contribution in [-0.4, -0.2) is 15.0 Å². The van der Waals surface area contributed by atoms with E-state index in [0.717, 1.165) is 38.2 Å². The second kappa shape index (κ2) is 11.3. The van der Waals surface area contributed by atoms with Crippen molar-refractivity contribution in [3.63, 3.8) is 0 Å². The van der Waals surface area contributed by atoms with Gasteiger partial charge in [0.15, 0.2) is 17.5 Å². The van der Waals surface area contributed by atoms with E-state index in [1.165, 1.54) is 44.2 Å². The summed E-state index contributed by atoms with van der Waals surface area (Å²) in [7, 11) is 0. The average molecular weight is 652 g/mol. The maximum Gasteiger partial charge on any atom is 0.164 e. The summed E-state index contributed by atoms with van der Waals surface area (Å²) in [6.07, 6.45) is 0. The minimum absolute atomic E-state index is 0.0226. The van der Waals surface area contributed by atoms with E-state index in [4.69, 9.17) is 15.0 Å². The number of fused-ring (bicyclic) bond motifs is 6. The second-order valence-corrected chi connectivity index (χ2v) is 14.1. The molecule has 0 atom stereocenters. The van der Waals surface area contributed by atoms with Gasteiger partial charge in [0, 0.05) is 22.1 Å². The third-order valence-electron chi connectivity index (χ3n) is 10.7. The summed E-state index contributed by atoms with van der Waals surface area (Å²) in [6.45, 7) is 4.65. The van der Waals surface area contributed by atoms with E-state index in [-0.39, 0.29) is 5.41 Å². The summed E-state index contributed by atoms with van der Waals surface area (Å²) < 4.78 is 0. The van der Waals surface area contributed by atoms with Crippen LogP contribution in [0, 0.1) is 0 Å². The quantitative estimate of drug-likeness (QED) is 0.190. The van der Waals surface area contributed by atoms with Crippen LogP contribution in [0.4, 0.5) is 0 Å². The van der Waals surface area contributed by atoms with Crippen molar-refractivity contribution < 1.29 is 0 Å². The van der Waals surface area contributed by atoms with Crippen molar-refractivity contribution >= 4 is 32.3 Å². The maximum absolute atomic E-state index is 5.19. The van der Waals surface area contributed by atoms with Crippen LogP contribution >= 0.6 is 0 Å². The largest absolute Gasteiger partial charge is 0.208 e. The molecule has 1 aromatic heterocycles. The Morgan fingerprint density at radius 3 is 1.53 bits per heavy atom. The molecule has 0 aliphatic heterocycles. The van der Waals surface area contributed by atoms with Gasteiger partial charge in [-0.1, -0.05) is 153 Å². The molecular formula is C48H33N3. The molecular weight excluding hydrogens is 619 g/mol. The van der Waals surface area contributed by atoms with Crippen molar-refractivity contribution in [3.05, 3.63) is 175 Å². The van der Waals surface area contributed by atoms with E-state index in [9.17, 15) is 0 Å². The van der Waals surface area contributed by atoms with Crippen LogP contribution in [0.15, 0.2) is 164 Å². The number of nitrogens with zero attached hydrogens (tertiary/aromatic N) is 3. The third-order valence-corrected chi connectivity index (χ3v) is 10.7. The lowest BCUT2D eigenvalue weighted by atomic mass is 9.82. The second-order valence-electron chi connectivity index (χ2n) is 14.1. The molecule has 0 N–H and O–H groups in total. The van der Waals surface area contributed by atoms with Crippen molar-refractivity contribution in [2.75, 3.05) is 0 Å². The highest BCUT2D eigenvalue weighted by atomic mass is 15.0. The molecule has 0 amide bonds. The fourth-order valence-electron chi connectivity index (χ4n) is 7.96. The minimum atomic E-state index is -0.0226. The Balaban J connectivity index is 1.15. The van der Waals surface area contributed by atoms with Crippen LogP contribution in [0.25, 0.3) is 88.7 Å². The van der Waals surface area contributed by atoms with Gasteiger partial charge in [-0.25, -0.2) is 15.0 Å². The van der Waals surface area contributed by atoms with Gasteiger partial charge in [-0.05, 0) is 90.0 Å². The van der Waals surface area contributed by atoms with Gasteiger partial charge in [-0.3, -0.25) is 0 Å². The van der Waals surface area contributed by atoms with E-state index < -0.39 is 0 Å². The van der Waals surface area contributed by atoms with Crippen molar-refractivity contribution in [2.45, 2.75) is 19.3 Å². The maximum atomic E-state index is 5.19. The van der Waals surface area contributed by atoms with Gasteiger partial charge in [0.2, 0.25) is 0 Å². The molecule has 0 fully saturated rings. The highest BCUT2D eigenvalue weighted by Crippen LogP contribution is 2.49. The number of hydrogen-bond acceptors (Lipinski definition) is 3. The molecule has 9 aromatic rings. The lowest BCUT2D eigenvalue weighted by Crippen LogP contribution is -2.14. The fraction of sp³-hybridized carbons (Fsp3) is 0.0625. The van der Waals surface area contributed by atoms with Crippen LogP contribution in [0.5, 0.6) is 0 Å². The lowest BCUT2D eigenvalue weighted by Gasteiger charge is -2.21. The molecule has 0 saturated carbocycles. The van der Waals surface area contributed by atoms with Crippen molar-refractivity contribution in [3.8, 4) is 56.4 Å². The van der Waals surface area contributed by atoms with Crippen LogP contribution in [-0.2, 0) is 5.41 Å². The van der Waals surface area contributed by atoms with Gasteiger partial charge in [-0.15, -0.1) is 0 Å².